The molecule has 1 fully saturated rings. The molecule has 1 aliphatic rings. The van der Waals surface area contributed by atoms with Gasteiger partial charge in [-0.25, -0.2) is 0 Å². The molecular formula is C15H21NO2S. The number of rotatable bonds is 5. The van der Waals surface area contributed by atoms with Crippen LogP contribution >= 0.6 is 11.8 Å². The number of thioether (sulfide) groups is 1. The smallest absolute Gasteiger partial charge is 0.230 e. The lowest BCUT2D eigenvalue weighted by atomic mass is 9.95. The number of ether oxygens (including phenoxy) is 1. The highest BCUT2D eigenvalue weighted by atomic mass is 32.2. The molecule has 0 radical (unpaired) electrons. The third-order valence-electron chi connectivity index (χ3n) is 3.38. The number of carbonyl (C=O) groups excluding carboxylic acids is 1. The molecule has 1 aromatic carbocycles. The fourth-order valence-corrected chi connectivity index (χ4v) is 3.11. The predicted octanol–water partition coefficient (Wildman–Crippen LogP) is 3.24. The lowest BCUT2D eigenvalue weighted by molar-refractivity contribution is -0.119. The van der Waals surface area contributed by atoms with E-state index in [2.05, 4.69) is 5.32 Å². The molecule has 0 spiro atoms. The summed E-state index contributed by atoms with van der Waals surface area (Å²) in [5.41, 5.74) is 0. The van der Waals surface area contributed by atoms with Crippen molar-refractivity contribution in [2.45, 2.75) is 43.0 Å². The van der Waals surface area contributed by atoms with E-state index in [1.54, 1.807) is 18.9 Å². The zero-order chi connectivity index (χ0) is 13.5. The van der Waals surface area contributed by atoms with Crippen LogP contribution in [0.25, 0.3) is 0 Å². The standard InChI is InChI=1S/C15H21NO2S/c1-18-13-8-5-9-14(10-13)19-11-15(17)16-12-6-3-2-4-7-12/h5,8-10,12H,2-4,6-7,11H2,1H3,(H,16,17). The Hall–Kier alpha value is -1.16. The van der Waals surface area contributed by atoms with Gasteiger partial charge < -0.3 is 10.1 Å². The zero-order valence-electron chi connectivity index (χ0n) is 11.4. The minimum Gasteiger partial charge on any atom is -0.497 e. The van der Waals surface area contributed by atoms with E-state index in [0.29, 0.717) is 11.8 Å². The SMILES string of the molecule is COc1cccc(SCC(=O)NC2CCCCC2)c1. The second-order valence-corrected chi connectivity index (χ2v) is 5.92. The number of amides is 1. The minimum absolute atomic E-state index is 0.139. The first-order valence-corrected chi connectivity index (χ1v) is 7.82. The van der Waals surface area contributed by atoms with Crippen LogP contribution in [0, 0.1) is 0 Å². The minimum atomic E-state index is 0.139. The molecule has 19 heavy (non-hydrogen) atoms. The van der Waals surface area contributed by atoms with Crippen LogP contribution in [-0.4, -0.2) is 24.8 Å². The first-order chi connectivity index (χ1) is 9.28. The Labute approximate surface area is 119 Å². The maximum Gasteiger partial charge on any atom is 0.230 e. The second-order valence-electron chi connectivity index (χ2n) is 4.87. The van der Waals surface area contributed by atoms with Gasteiger partial charge in [0.1, 0.15) is 5.75 Å². The van der Waals surface area contributed by atoms with Crippen LogP contribution < -0.4 is 10.1 Å². The van der Waals surface area contributed by atoms with Crippen LogP contribution in [0.5, 0.6) is 5.75 Å². The first kappa shape index (κ1) is 14.3. The third kappa shape index (κ3) is 4.78. The molecule has 0 aliphatic heterocycles. The van der Waals surface area contributed by atoms with Gasteiger partial charge in [-0.15, -0.1) is 11.8 Å². The molecule has 104 valence electrons. The summed E-state index contributed by atoms with van der Waals surface area (Å²) in [6.45, 7) is 0. The van der Waals surface area contributed by atoms with Crippen molar-refractivity contribution < 1.29 is 9.53 Å². The molecule has 0 unspecified atom stereocenters. The Morgan fingerprint density at radius 1 is 1.37 bits per heavy atom. The van der Waals surface area contributed by atoms with Gasteiger partial charge in [-0.1, -0.05) is 25.3 Å². The number of hydrogen-bond donors (Lipinski definition) is 1. The van der Waals surface area contributed by atoms with Gasteiger partial charge in [0.05, 0.1) is 12.9 Å². The second kappa shape index (κ2) is 7.43. The van der Waals surface area contributed by atoms with E-state index in [0.717, 1.165) is 23.5 Å². The van der Waals surface area contributed by atoms with Crippen molar-refractivity contribution in [2.24, 2.45) is 0 Å². The molecule has 2 rings (SSSR count). The van der Waals surface area contributed by atoms with E-state index in [9.17, 15) is 4.79 Å². The summed E-state index contributed by atoms with van der Waals surface area (Å²) in [7, 11) is 1.65. The highest BCUT2D eigenvalue weighted by Crippen LogP contribution is 2.23. The molecule has 3 nitrogen and oxygen atoms in total. The van der Waals surface area contributed by atoms with Crippen molar-refractivity contribution in [1.82, 2.24) is 5.32 Å². The highest BCUT2D eigenvalue weighted by molar-refractivity contribution is 8.00. The molecule has 1 saturated carbocycles. The van der Waals surface area contributed by atoms with Crippen LogP contribution in [0.2, 0.25) is 0 Å². The van der Waals surface area contributed by atoms with Crippen molar-refractivity contribution >= 4 is 17.7 Å². The highest BCUT2D eigenvalue weighted by Gasteiger charge is 2.15. The molecule has 4 heteroatoms. The molecule has 0 atom stereocenters. The average molecular weight is 279 g/mol. The summed E-state index contributed by atoms with van der Waals surface area (Å²) < 4.78 is 5.17. The van der Waals surface area contributed by atoms with Gasteiger partial charge in [0, 0.05) is 10.9 Å². The summed E-state index contributed by atoms with van der Waals surface area (Å²) in [4.78, 5) is 12.9. The average Bonchev–Trinajstić information content (AvgIpc) is 2.46. The molecule has 0 heterocycles. The van der Waals surface area contributed by atoms with Gasteiger partial charge in [-0.2, -0.15) is 0 Å². The Kier molecular flexibility index (Phi) is 5.58. The van der Waals surface area contributed by atoms with E-state index in [1.807, 2.05) is 24.3 Å². The summed E-state index contributed by atoms with van der Waals surface area (Å²) >= 11 is 1.55. The van der Waals surface area contributed by atoms with Gasteiger partial charge in [-0.3, -0.25) is 4.79 Å². The first-order valence-electron chi connectivity index (χ1n) is 6.84. The summed E-state index contributed by atoms with van der Waals surface area (Å²) in [6, 6.07) is 8.21. The number of nitrogens with one attached hydrogen (secondary N) is 1. The molecule has 0 saturated heterocycles. The van der Waals surface area contributed by atoms with E-state index in [1.165, 1.54) is 19.3 Å². The van der Waals surface area contributed by atoms with E-state index >= 15 is 0 Å². The lowest BCUT2D eigenvalue weighted by Gasteiger charge is -2.22. The zero-order valence-corrected chi connectivity index (χ0v) is 12.2. The van der Waals surface area contributed by atoms with Crippen molar-refractivity contribution in [1.29, 1.82) is 0 Å². The van der Waals surface area contributed by atoms with Crippen LogP contribution in [0.15, 0.2) is 29.2 Å². The molecule has 1 aromatic rings. The molecule has 0 bridgehead atoms. The Balaban J connectivity index is 1.76. The van der Waals surface area contributed by atoms with Gasteiger partial charge in [-0.05, 0) is 31.0 Å². The van der Waals surface area contributed by atoms with Gasteiger partial charge >= 0.3 is 0 Å². The summed E-state index contributed by atoms with van der Waals surface area (Å²) in [5.74, 6) is 1.45. The van der Waals surface area contributed by atoms with Crippen LogP contribution in [0.4, 0.5) is 0 Å². The third-order valence-corrected chi connectivity index (χ3v) is 4.38. The summed E-state index contributed by atoms with van der Waals surface area (Å²) in [5, 5.41) is 3.13. The monoisotopic (exact) mass is 279 g/mol. The number of benzene rings is 1. The Morgan fingerprint density at radius 2 is 2.16 bits per heavy atom. The lowest BCUT2D eigenvalue weighted by Crippen LogP contribution is -2.37. The Morgan fingerprint density at radius 3 is 2.89 bits per heavy atom. The van der Waals surface area contributed by atoms with Gasteiger partial charge in [0.15, 0.2) is 0 Å². The van der Waals surface area contributed by atoms with Gasteiger partial charge in [0.25, 0.3) is 0 Å². The van der Waals surface area contributed by atoms with E-state index in [-0.39, 0.29) is 5.91 Å². The maximum absolute atomic E-state index is 11.9. The number of hydrogen-bond acceptors (Lipinski definition) is 3. The Bertz CT molecular complexity index is 416. The van der Waals surface area contributed by atoms with Crippen molar-refractivity contribution in [3.8, 4) is 5.75 Å². The maximum atomic E-state index is 11.9. The van der Waals surface area contributed by atoms with Crippen LogP contribution in [-0.2, 0) is 4.79 Å². The van der Waals surface area contributed by atoms with Crippen LogP contribution in [0.1, 0.15) is 32.1 Å². The number of carbonyl (C=O) groups is 1. The van der Waals surface area contributed by atoms with E-state index in [4.69, 9.17) is 4.74 Å². The van der Waals surface area contributed by atoms with Crippen LogP contribution in [0.3, 0.4) is 0 Å². The van der Waals surface area contributed by atoms with Crippen molar-refractivity contribution in [3.63, 3.8) is 0 Å². The number of methoxy groups -OCH3 is 1. The predicted molar refractivity (Wildman–Crippen MR) is 78.7 cm³/mol. The molecular weight excluding hydrogens is 258 g/mol. The fraction of sp³-hybridized carbons (Fsp3) is 0.533. The van der Waals surface area contributed by atoms with Gasteiger partial charge in [0.2, 0.25) is 5.91 Å². The molecule has 0 aromatic heterocycles. The topological polar surface area (TPSA) is 38.3 Å². The normalized spacial score (nSPS) is 16.1. The van der Waals surface area contributed by atoms with Crippen molar-refractivity contribution in [3.05, 3.63) is 24.3 Å². The molecule has 1 N–H and O–H groups in total. The van der Waals surface area contributed by atoms with Crippen molar-refractivity contribution in [2.75, 3.05) is 12.9 Å². The van der Waals surface area contributed by atoms with E-state index < -0.39 is 0 Å². The largest absolute Gasteiger partial charge is 0.497 e. The fourth-order valence-electron chi connectivity index (χ4n) is 2.36. The molecule has 1 aliphatic carbocycles. The summed E-state index contributed by atoms with van der Waals surface area (Å²) in [6.07, 6.45) is 6.07. The quantitative estimate of drug-likeness (QED) is 0.841. The molecule has 1 amide bonds.